The number of carboxylic acid groups (broad SMARTS) is 1. The van der Waals surface area contributed by atoms with Crippen LogP contribution in [0.25, 0.3) is 22.6 Å². The molecule has 2 aromatic carbocycles. The molecule has 7 heteroatoms. The number of aliphatic carboxylic acids is 1. The van der Waals surface area contributed by atoms with E-state index in [1.165, 1.54) is 4.90 Å². The lowest BCUT2D eigenvalue weighted by Gasteiger charge is -2.17. The van der Waals surface area contributed by atoms with Gasteiger partial charge >= 0.3 is 5.97 Å². The molecule has 1 saturated heterocycles. The van der Waals surface area contributed by atoms with E-state index in [2.05, 4.69) is 4.98 Å². The van der Waals surface area contributed by atoms with Crippen LogP contribution in [0.5, 0.6) is 0 Å². The Balaban J connectivity index is 1.74. The smallest absolute Gasteiger partial charge is 0.308 e. The third-order valence-electron chi connectivity index (χ3n) is 4.26. The Labute approximate surface area is 147 Å². The number of benzene rings is 2. The Morgan fingerprint density at radius 2 is 2.08 bits per heavy atom. The fourth-order valence-electron chi connectivity index (χ4n) is 2.95. The molecule has 1 aromatic heterocycles. The summed E-state index contributed by atoms with van der Waals surface area (Å²) in [5, 5.41) is 9.57. The van der Waals surface area contributed by atoms with Crippen molar-refractivity contribution in [1.82, 2.24) is 4.98 Å². The lowest BCUT2D eigenvalue weighted by atomic mass is 10.1. The number of carbonyl (C=O) groups excluding carboxylic acids is 1. The number of aromatic nitrogens is 1. The Kier molecular flexibility index (Phi) is 3.69. The van der Waals surface area contributed by atoms with Gasteiger partial charge in [-0.15, -0.1) is 0 Å². The van der Waals surface area contributed by atoms with Crippen LogP contribution in [-0.2, 0) is 9.59 Å². The first-order chi connectivity index (χ1) is 12.0. The summed E-state index contributed by atoms with van der Waals surface area (Å²) < 4.78 is 5.75. The van der Waals surface area contributed by atoms with E-state index in [1.807, 2.05) is 24.3 Å². The molecule has 0 bridgehead atoms. The molecule has 3 aromatic rings. The summed E-state index contributed by atoms with van der Waals surface area (Å²) in [5.74, 6) is -1.53. The molecule has 1 fully saturated rings. The SMILES string of the molecule is O=C(O)[C@H]1CC(=O)N(c2ccc(Cl)c(-c3nc4ccccc4o3)c2)C1. The second-order valence-electron chi connectivity index (χ2n) is 5.89. The topological polar surface area (TPSA) is 83.6 Å². The van der Waals surface area contributed by atoms with Gasteiger partial charge in [0.25, 0.3) is 0 Å². The van der Waals surface area contributed by atoms with Crippen molar-refractivity contribution in [3.63, 3.8) is 0 Å². The monoisotopic (exact) mass is 356 g/mol. The quantitative estimate of drug-likeness (QED) is 0.775. The molecule has 2 heterocycles. The predicted octanol–water partition coefficient (Wildman–Crippen LogP) is 3.59. The molecule has 1 atom stereocenters. The molecule has 25 heavy (non-hydrogen) atoms. The summed E-state index contributed by atoms with van der Waals surface area (Å²) in [6, 6.07) is 12.4. The molecular weight excluding hydrogens is 344 g/mol. The second-order valence-corrected chi connectivity index (χ2v) is 6.30. The summed E-state index contributed by atoms with van der Waals surface area (Å²) in [6.45, 7) is 0.142. The van der Waals surface area contributed by atoms with Crippen molar-refractivity contribution in [2.24, 2.45) is 5.92 Å². The van der Waals surface area contributed by atoms with Crippen molar-refractivity contribution in [3.05, 3.63) is 47.5 Å². The normalized spacial score (nSPS) is 17.4. The van der Waals surface area contributed by atoms with Gasteiger partial charge in [0.05, 0.1) is 16.5 Å². The first-order valence-corrected chi connectivity index (χ1v) is 8.09. The molecule has 1 amide bonds. The summed E-state index contributed by atoms with van der Waals surface area (Å²) in [6.07, 6.45) is -0.00379. The zero-order valence-electron chi connectivity index (χ0n) is 13.0. The largest absolute Gasteiger partial charge is 0.481 e. The van der Waals surface area contributed by atoms with Crippen LogP contribution in [0.4, 0.5) is 5.69 Å². The van der Waals surface area contributed by atoms with Crippen LogP contribution >= 0.6 is 11.6 Å². The number of carbonyl (C=O) groups is 2. The number of hydrogen-bond acceptors (Lipinski definition) is 4. The van der Waals surface area contributed by atoms with Gasteiger partial charge < -0.3 is 14.4 Å². The van der Waals surface area contributed by atoms with E-state index >= 15 is 0 Å². The van der Waals surface area contributed by atoms with Gasteiger partial charge in [-0.1, -0.05) is 23.7 Å². The maximum atomic E-state index is 12.2. The summed E-state index contributed by atoms with van der Waals surface area (Å²) in [4.78, 5) is 29.2. The van der Waals surface area contributed by atoms with Gasteiger partial charge in [0, 0.05) is 18.7 Å². The molecule has 4 rings (SSSR count). The maximum absolute atomic E-state index is 12.2. The molecule has 0 unspecified atom stereocenters. The summed E-state index contributed by atoms with van der Waals surface area (Å²) >= 11 is 6.28. The second kappa shape index (κ2) is 5.89. The number of oxazole rings is 1. The fourth-order valence-corrected chi connectivity index (χ4v) is 3.15. The van der Waals surface area contributed by atoms with Crippen molar-refractivity contribution < 1.29 is 19.1 Å². The lowest BCUT2D eigenvalue weighted by Crippen LogP contribution is -2.25. The molecule has 0 aliphatic carbocycles. The molecule has 1 aliphatic rings. The van der Waals surface area contributed by atoms with Crippen molar-refractivity contribution >= 4 is 40.3 Å². The highest BCUT2D eigenvalue weighted by Crippen LogP contribution is 2.35. The zero-order valence-corrected chi connectivity index (χ0v) is 13.7. The molecule has 1 N–H and O–H groups in total. The standard InChI is InChI=1S/C18H13ClN2O4/c19-13-6-5-11(21-9-10(18(23)24)7-16(21)22)8-12(13)17-20-14-3-1-2-4-15(14)25-17/h1-6,8,10H,7,9H2,(H,23,24)/t10-/m0/s1. The Hall–Kier alpha value is -2.86. The van der Waals surface area contributed by atoms with E-state index in [0.29, 0.717) is 33.3 Å². The van der Waals surface area contributed by atoms with Crippen LogP contribution < -0.4 is 4.90 Å². The van der Waals surface area contributed by atoms with Gasteiger partial charge in [-0.2, -0.15) is 0 Å². The summed E-state index contributed by atoms with van der Waals surface area (Å²) in [7, 11) is 0. The first kappa shape index (κ1) is 15.7. The van der Waals surface area contributed by atoms with E-state index in [1.54, 1.807) is 18.2 Å². The molecule has 1 aliphatic heterocycles. The molecule has 0 spiro atoms. The third kappa shape index (κ3) is 2.74. The van der Waals surface area contributed by atoms with Crippen LogP contribution in [0.15, 0.2) is 46.9 Å². The number of anilines is 1. The minimum absolute atomic E-state index is 0.00379. The van der Waals surface area contributed by atoms with E-state index in [0.717, 1.165) is 0 Å². The number of carboxylic acids is 1. The number of amides is 1. The number of hydrogen-bond donors (Lipinski definition) is 1. The highest BCUT2D eigenvalue weighted by atomic mass is 35.5. The van der Waals surface area contributed by atoms with Crippen LogP contribution in [0.3, 0.4) is 0 Å². The van der Waals surface area contributed by atoms with Gasteiger partial charge in [-0.3, -0.25) is 9.59 Å². The predicted molar refractivity (Wildman–Crippen MR) is 92.6 cm³/mol. The van der Waals surface area contributed by atoms with Crippen LogP contribution in [-0.4, -0.2) is 28.5 Å². The Morgan fingerprint density at radius 1 is 1.28 bits per heavy atom. The van der Waals surface area contributed by atoms with Gasteiger partial charge in [-0.25, -0.2) is 4.98 Å². The number of fused-ring (bicyclic) bond motifs is 1. The van der Waals surface area contributed by atoms with Gasteiger partial charge in [-0.05, 0) is 30.3 Å². The maximum Gasteiger partial charge on any atom is 0.308 e. The fraction of sp³-hybridized carbons (Fsp3) is 0.167. The molecule has 0 radical (unpaired) electrons. The lowest BCUT2D eigenvalue weighted by molar-refractivity contribution is -0.141. The van der Waals surface area contributed by atoms with E-state index in [4.69, 9.17) is 21.1 Å². The highest BCUT2D eigenvalue weighted by Gasteiger charge is 2.35. The molecule has 126 valence electrons. The zero-order chi connectivity index (χ0) is 17.6. The van der Waals surface area contributed by atoms with Crippen molar-refractivity contribution in [1.29, 1.82) is 0 Å². The number of rotatable bonds is 3. The van der Waals surface area contributed by atoms with E-state index < -0.39 is 11.9 Å². The first-order valence-electron chi connectivity index (χ1n) is 7.71. The molecule has 0 saturated carbocycles. The Bertz CT molecular complexity index is 965. The average Bonchev–Trinajstić information content (AvgIpc) is 3.19. The van der Waals surface area contributed by atoms with Gasteiger partial charge in [0.1, 0.15) is 5.52 Å². The average molecular weight is 357 g/mol. The summed E-state index contributed by atoms with van der Waals surface area (Å²) in [5.41, 5.74) is 2.49. The van der Waals surface area contributed by atoms with Gasteiger partial charge in [0.2, 0.25) is 11.8 Å². The van der Waals surface area contributed by atoms with Crippen molar-refractivity contribution in [2.75, 3.05) is 11.4 Å². The van der Waals surface area contributed by atoms with E-state index in [-0.39, 0.29) is 18.9 Å². The number of halogens is 1. The Morgan fingerprint density at radius 3 is 2.80 bits per heavy atom. The minimum Gasteiger partial charge on any atom is -0.481 e. The minimum atomic E-state index is -0.969. The number of para-hydroxylation sites is 2. The van der Waals surface area contributed by atoms with Crippen molar-refractivity contribution in [2.45, 2.75) is 6.42 Å². The van der Waals surface area contributed by atoms with Crippen LogP contribution in [0.1, 0.15) is 6.42 Å². The van der Waals surface area contributed by atoms with Crippen LogP contribution in [0, 0.1) is 5.92 Å². The third-order valence-corrected chi connectivity index (χ3v) is 4.59. The van der Waals surface area contributed by atoms with E-state index in [9.17, 15) is 9.59 Å². The molecular formula is C18H13ClN2O4. The van der Waals surface area contributed by atoms with Crippen molar-refractivity contribution in [3.8, 4) is 11.5 Å². The molecule has 6 nitrogen and oxygen atoms in total. The van der Waals surface area contributed by atoms with Gasteiger partial charge in [0.15, 0.2) is 5.58 Å². The highest BCUT2D eigenvalue weighted by molar-refractivity contribution is 6.33. The van der Waals surface area contributed by atoms with Crippen LogP contribution in [0.2, 0.25) is 5.02 Å². The number of nitrogens with zero attached hydrogens (tertiary/aromatic N) is 2.